The number of nitrogens with zero attached hydrogens (tertiary/aromatic N) is 2. The van der Waals surface area contributed by atoms with Gasteiger partial charge in [0.05, 0.1) is 0 Å². The van der Waals surface area contributed by atoms with Crippen molar-refractivity contribution in [2.45, 2.75) is 45.2 Å². The summed E-state index contributed by atoms with van der Waals surface area (Å²) in [6.45, 7) is 7.12. The topological polar surface area (TPSA) is 23.6 Å². The van der Waals surface area contributed by atoms with Crippen LogP contribution in [0.5, 0.6) is 0 Å². The smallest absolute Gasteiger partial charge is 0.222 e. The molecule has 1 aromatic rings. The van der Waals surface area contributed by atoms with E-state index in [0.29, 0.717) is 24.4 Å². The second-order valence-corrected chi connectivity index (χ2v) is 6.57. The summed E-state index contributed by atoms with van der Waals surface area (Å²) >= 11 is 0. The van der Waals surface area contributed by atoms with Gasteiger partial charge in [-0.3, -0.25) is 9.69 Å². The van der Waals surface area contributed by atoms with E-state index in [1.165, 1.54) is 24.0 Å². The maximum atomic E-state index is 12.1. The summed E-state index contributed by atoms with van der Waals surface area (Å²) < 4.78 is 0. The first-order valence-corrected chi connectivity index (χ1v) is 8.44. The van der Waals surface area contributed by atoms with Gasteiger partial charge in [-0.05, 0) is 25.3 Å². The summed E-state index contributed by atoms with van der Waals surface area (Å²) in [7, 11) is 0. The van der Waals surface area contributed by atoms with Crippen LogP contribution in [0.3, 0.4) is 0 Å². The van der Waals surface area contributed by atoms with Gasteiger partial charge in [-0.1, -0.05) is 48.9 Å². The van der Waals surface area contributed by atoms with Crippen molar-refractivity contribution in [1.29, 1.82) is 0 Å². The predicted octanol–water partition coefficient (Wildman–Crippen LogP) is 3.09. The van der Waals surface area contributed by atoms with Crippen molar-refractivity contribution in [3.8, 4) is 0 Å². The molecule has 2 atom stereocenters. The van der Waals surface area contributed by atoms with Crippen LogP contribution in [-0.4, -0.2) is 47.4 Å². The molecule has 118 valence electrons. The fourth-order valence-corrected chi connectivity index (χ4v) is 3.74. The molecule has 0 saturated carbocycles. The Morgan fingerprint density at radius 2 is 1.82 bits per heavy atom. The van der Waals surface area contributed by atoms with Gasteiger partial charge in [-0.2, -0.15) is 0 Å². The zero-order valence-electron chi connectivity index (χ0n) is 13.7. The maximum Gasteiger partial charge on any atom is 0.222 e. The highest BCUT2D eigenvalue weighted by Gasteiger charge is 2.41. The molecule has 2 saturated heterocycles. The summed E-state index contributed by atoms with van der Waals surface area (Å²) in [5.41, 5.74) is 2.55. The summed E-state index contributed by atoms with van der Waals surface area (Å²) in [5.74, 6) is 0.336. The van der Waals surface area contributed by atoms with Crippen LogP contribution >= 0.6 is 0 Å². The molecule has 0 aromatic heterocycles. The molecule has 2 aliphatic heterocycles. The lowest BCUT2D eigenvalue weighted by Gasteiger charge is -2.40. The number of hydrogen-bond acceptors (Lipinski definition) is 2. The largest absolute Gasteiger partial charge is 0.334 e. The number of likely N-dealkylation sites (tertiary alicyclic amines) is 1. The number of amides is 1. The summed E-state index contributed by atoms with van der Waals surface area (Å²) in [6.07, 6.45) is 7.44. The number of fused-ring (bicyclic) bond motifs is 2. The molecule has 2 unspecified atom stereocenters. The molecular formula is C19H26N2O. The lowest BCUT2D eigenvalue weighted by molar-refractivity contribution is -0.136. The molecule has 2 bridgehead atoms. The van der Waals surface area contributed by atoms with Gasteiger partial charge < -0.3 is 4.90 Å². The van der Waals surface area contributed by atoms with E-state index in [9.17, 15) is 4.79 Å². The lowest BCUT2D eigenvalue weighted by Crippen LogP contribution is -2.55. The average Bonchev–Trinajstić information content (AvgIpc) is 2.79. The number of piperazine rings is 1. The Morgan fingerprint density at radius 3 is 2.41 bits per heavy atom. The molecule has 0 spiro atoms. The van der Waals surface area contributed by atoms with Crippen molar-refractivity contribution in [3.05, 3.63) is 41.5 Å². The molecule has 3 heteroatoms. The highest BCUT2D eigenvalue weighted by atomic mass is 16.2. The third-order valence-electron chi connectivity index (χ3n) is 4.90. The SMILES string of the molecule is CCC(=O)N1C2CCC1CN(CC=Cc1ccc(C)cc1)C2. The molecule has 1 aromatic carbocycles. The molecule has 1 amide bonds. The summed E-state index contributed by atoms with van der Waals surface area (Å²) in [5, 5.41) is 0. The third kappa shape index (κ3) is 3.25. The molecular weight excluding hydrogens is 272 g/mol. The van der Waals surface area contributed by atoms with Crippen molar-refractivity contribution in [2.75, 3.05) is 19.6 Å². The number of aryl methyl sites for hydroxylation is 1. The highest BCUT2D eigenvalue weighted by Crippen LogP contribution is 2.30. The van der Waals surface area contributed by atoms with Crippen molar-refractivity contribution in [1.82, 2.24) is 9.80 Å². The number of benzene rings is 1. The molecule has 0 N–H and O–H groups in total. The Morgan fingerprint density at radius 1 is 1.18 bits per heavy atom. The summed E-state index contributed by atoms with van der Waals surface area (Å²) in [4.78, 5) is 16.7. The second kappa shape index (κ2) is 6.66. The number of carbonyl (C=O) groups excluding carboxylic acids is 1. The number of carbonyl (C=O) groups is 1. The molecule has 22 heavy (non-hydrogen) atoms. The van der Waals surface area contributed by atoms with Crippen molar-refractivity contribution >= 4 is 12.0 Å². The van der Waals surface area contributed by atoms with Gasteiger partial charge in [0.1, 0.15) is 0 Å². The van der Waals surface area contributed by atoms with E-state index in [4.69, 9.17) is 0 Å². The fourth-order valence-electron chi connectivity index (χ4n) is 3.74. The Labute approximate surface area is 133 Å². The molecule has 2 heterocycles. The second-order valence-electron chi connectivity index (χ2n) is 6.57. The van der Waals surface area contributed by atoms with Crippen molar-refractivity contribution in [2.24, 2.45) is 0 Å². The Balaban J connectivity index is 1.55. The quantitative estimate of drug-likeness (QED) is 0.853. The molecule has 2 fully saturated rings. The fraction of sp³-hybridized carbons (Fsp3) is 0.526. The maximum absolute atomic E-state index is 12.1. The first kappa shape index (κ1) is 15.3. The van der Waals surface area contributed by atoms with E-state index >= 15 is 0 Å². The number of rotatable bonds is 4. The van der Waals surface area contributed by atoms with E-state index < -0.39 is 0 Å². The molecule has 0 radical (unpaired) electrons. The van der Waals surface area contributed by atoms with Gasteiger partial charge in [-0.15, -0.1) is 0 Å². The van der Waals surface area contributed by atoms with Gasteiger partial charge in [0.2, 0.25) is 5.91 Å². The van der Waals surface area contributed by atoms with Crippen molar-refractivity contribution in [3.63, 3.8) is 0 Å². The predicted molar refractivity (Wildman–Crippen MR) is 90.6 cm³/mol. The van der Waals surface area contributed by atoms with Crippen LogP contribution in [0.15, 0.2) is 30.3 Å². The minimum Gasteiger partial charge on any atom is -0.334 e. The zero-order chi connectivity index (χ0) is 15.5. The average molecular weight is 298 g/mol. The molecule has 2 aliphatic rings. The van der Waals surface area contributed by atoms with Crippen molar-refractivity contribution < 1.29 is 4.79 Å². The minimum absolute atomic E-state index is 0.336. The highest BCUT2D eigenvalue weighted by molar-refractivity contribution is 5.77. The first-order chi connectivity index (χ1) is 10.7. The molecule has 3 rings (SSSR count). The van der Waals surface area contributed by atoms with E-state index in [1.807, 2.05) is 6.92 Å². The summed E-state index contributed by atoms with van der Waals surface area (Å²) in [6, 6.07) is 9.50. The van der Waals surface area contributed by atoms with E-state index in [0.717, 1.165) is 19.6 Å². The van der Waals surface area contributed by atoms with Crippen LogP contribution in [0.2, 0.25) is 0 Å². The van der Waals surface area contributed by atoms with Crippen LogP contribution in [0, 0.1) is 6.92 Å². The number of hydrogen-bond donors (Lipinski definition) is 0. The normalized spacial score (nSPS) is 25.1. The van der Waals surface area contributed by atoms with Gasteiger partial charge >= 0.3 is 0 Å². The van der Waals surface area contributed by atoms with Gasteiger partial charge in [-0.25, -0.2) is 0 Å². The van der Waals surface area contributed by atoms with E-state index in [2.05, 4.69) is 53.1 Å². The van der Waals surface area contributed by atoms with Crippen LogP contribution < -0.4 is 0 Å². The Kier molecular flexibility index (Phi) is 4.63. The Hall–Kier alpha value is -1.61. The third-order valence-corrected chi connectivity index (χ3v) is 4.90. The minimum atomic E-state index is 0.336. The molecule has 0 aliphatic carbocycles. The van der Waals surface area contributed by atoms with Crippen LogP contribution in [0.4, 0.5) is 0 Å². The van der Waals surface area contributed by atoms with E-state index in [1.54, 1.807) is 0 Å². The van der Waals surface area contributed by atoms with Gasteiger partial charge in [0, 0.05) is 38.1 Å². The van der Waals surface area contributed by atoms with Gasteiger partial charge in [0.25, 0.3) is 0 Å². The first-order valence-electron chi connectivity index (χ1n) is 8.44. The van der Waals surface area contributed by atoms with Crippen LogP contribution in [0.25, 0.3) is 6.08 Å². The monoisotopic (exact) mass is 298 g/mol. The van der Waals surface area contributed by atoms with Crippen LogP contribution in [0.1, 0.15) is 37.3 Å². The molecule has 3 nitrogen and oxygen atoms in total. The lowest BCUT2D eigenvalue weighted by atomic mass is 10.1. The standard InChI is InChI=1S/C19H26N2O/c1-3-19(22)21-17-10-11-18(21)14-20(13-17)12-4-5-16-8-6-15(2)7-9-16/h4-9,17-18H,3,10-14H2,1-2H3. The van der Waals surface area contributed by atoms with Crippen LogP contribution in [-0.2, 0) is 4.79 Å². The Bertz CT molecular complexity index is 535. The van der Waals surface area contributed by atoms with E-state index in [-0.39, 0.29) is 0 Å². The zero-order valence-corrected chi connectivity index (χ0v) is 13.7. The van der Waals surface area contributed by atoms with Gasteiger partial charge in [0.15, 0.2) is 0 Å².